The minimum atomic E-state index is -0.276. The quantitative estimate of drug-likeness (QED) is 0.462. The summed E-state index contributed by atoms with van der Waals surface area (Å²) in [4.78, 5) is 24.1. The molecule has 6 nitrogen and oxygen atoms in total. The molecule has 0 aliphatic rings. The molecule has 3 aromatic carbocycles. The molecule has 0 fully saturated rings. The summed E-state index contributed by atoms with van der Waals surface area (Å²) in [6.45, 7) is 3.88. The number of hydrazone groups is 1. The smallest absolute Gasteiger partial charge is 0.271 e. The van der Waals surface area contributed by atoms with E-state index in [1.807, 2.05) is 38.1 Å². The normalized spacial score (nSPS) is 10.6. The van der Waals surface area contributed by atoms with E-state index in [1.54, 1.807) is 48.5 Å². The van der Waals surface area contributed by atoms with Gasteiger partial charge in [0.05, 0.1) is 6.21 Å². The molecule has 2 amide bonds. The average Bonchev–Trinajstić information content (AvgIpc) is 2.77. The van der Waals surface area contributed by atoms with E-state index < -0.39 is 0 Å². The second kappa shape index (κ2) is 10.0. The Bertz CT molecular complexity index is 1050. The maximum Gasteiger partial charge on any atom is 0.271 e. The van der Waals surface area contributed by atoms with Crippen LogP contribution in [0, 0.1) is 13.8 Å². The van der Waals surface area contributed by atoms with Crippen molar-refractivity contribution in [1.29, 1.82) is 0 Å². The van der Waals surface area contributed by atoms with Crippen LogP contribution < -0.4 is 15.5 Å². The van der Waals surface area contributed by atoms with Crippen molar-refractivity contribution in [3.05, 3.63) is 95.1 Å². The molecule has 0 aliphatic heterocycles. The number of rotatable bonds is 7. The molecule has 30 heavy (non-hydrogen) atoms. The lowest BCUT2D eigenvalue weighted by molar-refractivity contribution is -0.118. The lowest BCUT2D eigenvalue weighted by Crippen LogP contribution is -2.20. The second-order valence-electron chi connectivity index (χ2n) is 6.72. The van der Waals surface area contributed by atoms with Gasteiger partial charge in [-0.2, -0.15) is 5.10 Å². The van der Waals surface area contributed by atoms with Crippen molar-refractivity contribution in [3.8, 4) is 5.75 Å². The van der Waals surface area contributed by atoms with Gasteiger partial charge in [-0.15, -0.1) is 0 Å². The Morgan fingerprint density at radius 2 is 1.67 bits per heavy atom. The standard InChI is InChI=1S/C24H23N3O3/c1-17-7-6-10-22(18(17)2)26-23(28)16-30-21-13-11-19(12-14-21)15-25-27-24(29)20-8-4-3-5-9-20/h3-15H,16H2,1-2H3,(H,26,28)(H,27,29)/b25-15+. The summed E-state index contributed by atoms with van der Waals surface area (Å²) in [6, 6.07) is 21.7. The molecule has 0 spiro atoms. The summed E-state index contributed by atoms with van der Waals surface area (Å²) < 4.78 is 5.54. The van der Waals surface area contributed by atoms with Crippen molar-refractivity contribution < 1.29 is 14.3 Å². The van der Waals surface area contributed by atoms with Gasteiger partial charge in [-0.05, 0) is 73.0 Å². The minimum Gasteiger partial charge on any atom is -0.484 e. The number of aryl methyl sites for hydroxylation is 1. The highest BCUT2D eigenvalue weighted by Gasteiger charge is 2.07. The second-order valence-corrected chi connectivity index (χ2v) is 6.72. The molecule has 3 aromatic rings. The van der Waals surface area contributed by atoms with Gasteiger partial charge in [0.15, 0.2) is 6.61 Å². The van der Waals surface area contributed by atoms with Crippen LogP contribution in [0.5, 0.6) is 5.75 Å². The number of carbonyl (C=O) groups is 2. The zero-order chi connectivity index (χ0) is 21.3. The van der Waals surface area contributed by atoms with E-state index in [2.05, 4.69) is 15.8 Å². The molecule has 2 N–H and O–H groups in total. The van der Waals surface area contributed by atoms with Crippen molar-refractivity contribution in [2.75, 3.05) is 11.9 Å². The maximum absolute atomic E-state index is 12.1. The zero-order valence-corrected chi connectivity index (χ0v) is 16.9. The lowest BCUT2D eigenvalue weighted by atomic mass is 10.1. The predicted octanol–water partition coefficient (Wildman–Crippen LogP) is 4.08. The van der Waals surface area contributed by atoms with Crippen LogP contribution in [0.2, 0.25) is 0 Å². The number of nitrogens with one attached hydrogen (secondary N) is 2. The molecular formula is C24H23N3O3. The first-order valence-corrected chi connectivity index (χ1v) is 9.50. The molecule has 0 unspecified atom stereocenters. The van der Waals surface area contributed by atoms with E-state index in [0.29, 0.717) is 11.3 Å². The predicted molar refractivity (Wildman–Crippen MR) is 118 cm³/mol. The molecule has 0 aliphatic carbocycles. The fourth-order valence-corrected chi connectivity index (χ4v) is 2.69. The molecule has 3 rings (SSSR count). The summed E-state index contributed by atoms with van der Waals surface area (Å²) in [5.74, 6) is 0.0659. The summed E-state index contributed by atoms with van der Waals surface area (Å²) in [5, 5.41) is 6.81. The van der Waals surface area contributed by atoms with Crippen molar-refractivity contribution in [2.24, 2.45) is 5.10 Å². The summed E-state index contributed by atoms with van der Waals surface area (Å²) in [5.41, 5.74) is 6.74. The van der Waals surface area contributed by atoms with Crippen LogP contribution in [0.4, 0.5) is 5.69 Å². The van der Waals surface area contributed by atoms with Crippen molar-refractivity contribution >= 4 is 23.7 Å². The van der Waals surface area contributed by atoms with Crippen LogP contribution >= 0.6 is 0 Å². The number of hydrogen-bond donors (Lipinski definition) is 2. The minimum absolute atomic E-state index is 0.0893. The number of hydrogen-bond acceptors (Lipinski definition) is 4. The van der Waals surface area contributed by atoms with Crippen LogP contribution in [-0.2, 0) is 4.79 Å². The highest BCUT2D eigenvalue weighted by Crippen LogP contribution is 2.18. The van der Waals surface area contributed by atoms with E-state index in [4.69, 9.17) is 4.74 Å². The molecule has 152 valence electrons. The fourth-order valence-electron chi connectivity index (χ4n) is 2.69. The van der Waals surface area contributed by atoms with E-state index in [1.165, 1.54) is 6.21 Å². The summed E-state index contributed by atoms with van der Waals surface area (Å²) >= 11 is 0. The largest absolute Gasteiger partial charge is 0.484 e. The van der Waals surface area contributed by atoms with E-state index in [0.717, 1.165) is 22.4 Å². The molecule has 0 aromatic heterocycles. The van der Waals surface area contributed by atoms with Crippen molar-refractivity contribution in [2.45, 2.75) is 13.8 Å². The summed E-state index contributed by atoms with van der Waals surface area (Å²) in [7, 11) is 0. The molecular weight excluding hydrogens is 378 g/mol. The van der Waals surface area contributed by atoms with Gasteiger partial charge in [0.25, 0.3) is 11.8 Å². The first kappa shape index (κ1) is 20.8. The maximum atomic E-state index is 12.1. The molecule has 0 heterocycles. The molecule has 0 bridgehead atoms. The van der Waals surface area contributed by atoms with Crippen molar-refractivity contribution in [3.63, 3.8) is 0 Å². The van der Waals surface area contributed by atoms with E-state index >= 15 is 0 Å². The van der Waals surface area contributed by atoms with Gasteiger partial charge in [0.2, 0.25) is 0 Å². The number of anilines is 1. The van der Waals surface area contributed by atoms with E-state index in [-0.39, 0.29) is 18.4 Å². The Morgan fingerprint density at radius 1 is 0.933 bits per heavy atom. The van der Waals surface area contributed by atoms with Gasteiger partial charge < -0.3 is 10.1 Å². The zero-order valence-electron chi connectivity index (χ0n) is 16.9. The first-order chi connectivity index (χ1) is 14.5. The molecule has 0 saturated heterocycles. The summed E-state index contributed by atoms with van der Waals surface area (Å²) in [6.07, 6.45) is 1.54. The third-order valence-electron chi connectivity index (χ3n) is 4.54. The molecule has 0 radical (unpaired) electrons. The fraction of sp³-hybridized carbons (Fsp3) is 0.125. The van der Waals surface area contributed by atoms with Gasteiger partial charge >= 0.3 is 0 Å². The van der Waals surface area contributed by atoms with Crippen LogP contribution in [0.3, 0.4) is 0 Å². The Kier molecular flexibility index (Phi) is 6.95. The number of amides is 2. The van der Waals surface area contributed by atoms with Gasteiger partial charge in [-0.1, -0.05) is 30.3 Å². The lowest BCUT2D eigenvalue weighted by Gasteiger charge is -2.11. The Morgan fingerprint density at radius 3 is 2.40 bits per heavy atom. The first-order valence-electron chi connectivity index (χ1n) is 9.50. The SMILES string of the molecule is Cc1cccc(NC(=O)COc2ccc(/C=N/NC(=O)c3ccccc3)cc2)c1C. The van der Waals surface area contributed by atoms with Gasteiger partial charge in [0.1, 0.15) is 5.75 Å². The number of ether oxygens (including phenoxy) is 1. The Balaban J connectivity index is 1.48. The average molecular weight is 401 g/mol. The number of carbonyl (C=O) groups excluding carboxylic acids is 2. The Hall–Kier alpha value is -3.93. The van der Waals surface area contributed by atoms with Crippen LogP contribution in [0.15, 0.2) is 77.9 Å². The molecule has 6 heteroatoms. The highest BCUT2D eigenvalue weighted by atomic mass is 16.5. The topological polar surface area (TPSA) is 79.8 Å². The third kappa shape index (κ3) is 5.78. The van der Waals surface area contributed by atoms with Crippen LogP contribution in [0.25, 0.3) is 0 Å². The molecule has 0 atom stereocenters. The number of benzene rings is 3. The van der Waals surface area contributed by atoms with Gasteiger partial charge in [-0.3, -0.25) is 9.59 Å². The molecule has 0 saturated carbocycles. The van der Waals surface area contributed by atoms with Gasteiger partial charge in [-0.25, -0.2) is 5.43 Å². The van der Waals surface area contributed by atoms with E-state index in [9.17, 15) is 9.59 Å². The Labute approximate surface area is 175 Å². The van der Waals surface area contributed by atoms with Gasteiger partial charge in [0, 0.05) is 11.3 Å². The van der Waals surface area contributed by atoms with Crippen molar-refractivity contribution in [1.82, 2.24) is 5.43 Å². The number of nitrogens with zero attached hydrogens (tertiary/aromatic N) is 1. The van der Waals surface area contributed by atoms with Crippen LogP contribution in [0.1, 0.15) is 27.0 Å². The third-order valence-corrected chi connectivity index (χ3v) is 4.54. The highest BCUT2D eigenvalue weighted by molar-refractivity contribution is 5.95. The van der Waals surface area contributed by atoms with Crippen LogP contribution in [-0.4, -0.2) is 24.6 Å². The monoisotopic (exact) mass is 401 g/mol.